The van der Waals surface area contributed by atoms with Crippen molar-refractivity contribution in [2.24, 2.45) is 16.6 Å². The molecule has 1 aliphatic rings. The average molecular weight is 379 g/mol. The number of guanidine groups is 1. The van der Waals surface area contributed by atoms with Gasteiger partial charge in [-0.3, -0.25) is 0 Å². The quantitative estimate of drug-likeness (QED) is 0.414. The molecular weight excluding hydrogens is 357 g/mol. The molecule has 0 saturated heterocycles. The standard InChI is InChI=1S/C13H21N3O2.HI/c1-13(17,11-6-3-7-18-11)9-16-12(14)15-8-10-4-2-5-10;/h3,6-7,10,17H,2,4-5,8-9H2,1H3,(H3,14,15,16);1H. The molecule has 1 unspecified atom stereocenters. The lowest BCUT2D eigenvalue weighted by Gasteiger charge is -2.25. The summed E-state index contributed by atoms with van der Waals surface area (Å²) in [6.45, 7) is 2.72. The molecule has 0 spiro atoms. The minimum Gasteiger partial charge on any atom is -0.466 e. The average Bonchev–Trinajstić information content (AvgIpc) is 2.78. The summed E-state index contributed by atoms with van der Waals surface area (Å²) in [5.74, 6) is 1.61. The van der Waals surface area contributed by atoms with Gasteiger partial charge in [0.15, 0.2) is 5.96 Å². The molecule has 0 aromatic carbocycles. The molecule has 108 valence electrons. The molecule has 1 aromatic heterocycles. The zero-order chi connectivity index (χ0) is 13.0. The Morgan fingerprint density at radius 3 is 2.89 bits per heavy atom. The molecule has 4 N–H and O–H groups in total. The number of aliphatic imine (C=N–C) groups is 1. The molecule has 1 aliphatic carbocycles. The maximum absolute atomic E-state index is 10.2. The van der Waals surface area contributed by atoms with Crippen LogP contribution in [-0.2, 0) is 5.60 Å². The molecule has 0 radical (unpaired) electrons. The van der Waals surface area contributed by atoms with Crippen molar-refractivity contribution in [2.75, 3.05) is 13.1 Å². The van der Waals surface area contributed by atoms with E-state index in [1.54, 1.807) is 19.1 Å². The highest BCUT2D eigenvalue weighted by Crippen LogP contribution is 2.25. The van der Waals surface area contributed by atoms with Gasteiger partial charge in [-0.15, -0.1) is 24.0 Å². The second-order valence-electron chi connectivity index (χ2n) is 5.13. The van der Waals surface area contributed by atoms with E-state index >= 15 is 0 Å². The van der Waals surface area contributed by atoms with Crippen LogP contribution in [0.5, 0.6) is 0 Å². The highest BCUT2D eigenvalue weighted by Gasteiger charge is 2.26. The predicted molar refractivity (Wildman–Crippen MR) is 85.5 cm³/mol. The summed E-state index contributed by atoms with van der Waals surface area (Å²) in [5.41, 5.74) is 4.64. The Labute approximate surface area is 130 Å². The first kappa shape index (κ1) is 16.3. The van der Waals surface area contributed by atoms with Crippen LogP contribution >= 0.6 is 24.0 Å². The van der Waals surface area contributed by atoms with Crippen LogP contribution in [-0.4, -0.2) is 24.2 Å². The lowest BCUT2D eigenvalue weighted by Crippen LogP contribution is -2.38. The van der Waals surface area contributed by atoms with Gasteiger partial charge in [0.25, 0.3) is 0 Å². The van der Waals surface area contributed by atoms with Gasteiger partial charge in [-0.1, -0.05) is 6.42 Å². The van der Waals surface area contributed by atoms with Crippen LogP contribution < -0.4 is 11.1 Å². The van der Waals surface area contributed by atoms with Crippen LogP contribution in [0.4, 0.5) is 0 Å². The number of aliphatic hydroxyl groups is 1. The van der Waals surface area contributed by atoms with E-state index in [4.69, 9.17) is 10.2 Å². The summed E-state index contributed by atoms with van der Waals surface area (Å²) in [6, 6.07) is 3.47. The SMILES string of the molecule is CC(O)(CN=C(N)NCC1CCC1)c1ccco1.I. The first-order valence-corrected chi connectivity index (χ1v) is 6.38. The molecular formula is C13H22IN3O2. The third-order valence-electron chi connectivity index (χ3n) is 3.41. The van der Waals surface area contributed by atoms with E-state index in [9.17, 15) is 5.11 Å². The molecule has 6 heteroatoms. The lowest BCUT2D eigenvalue weighted by atomic mass is 9.85. The van der Waals surface area contributed by atoms with Crippen molar-refractivity contribution in [2.45, 2.75) is 31.8 Å². The maximum Gasteiger partial charge on any atom is 0.188 e. The Kier molecular flexibility index (Phi) is 6.12. The number of rotatable bonds is 5. The van der Waals surface area contributed by atoms with Gasteiger partial charge >= 0.3 is 0 Å². The molecule has 1 aromatic rings. The van der Waals surface area contributed by atoms with E-state index in [0.29, 0.717) is 11.7 Å². The maximum atomic E-state index is 10.2. The van der Waals surface area contributed by atoms with Crippen LogP contribution in [0.1, 0.15) is 31.9 Å². The Hall–Kier alpha value is -0.760. The van der Waals surface area contributed by atoms with Crippen molar-refractivity contribution in [1.82, 2.24) is 5.32 Å². The molecule has 1 atom stereocenters. The number of nitrogens with one attached hydrogen (secondary N) is 1. The summed E-state index contributed by atoms with van der Waals surface area (Å²) in [7, 11) is 0. The fraction of sp³-hybridized carbons (Fsp3) is 0.615. The van der Waals surface area contributed by atoms with E-state index in [1.165, 1.54) is 25.5 Å². The Morgan fingerprint density at radius 2 is 2.37 bits per heavy atom. The summed E-state index contributed by atoms with van der Waals surface area (Å²) in [6.07, 6.45) is 5.39. The number of hydrogen-bond donors (Lipinski definition) is 3. The van der Waals surface area contributed by atoms with Gasteiger partial charge in [0, 0.05) is 6.54 Å². The molecule has 0 bridgehead atoms. The number of hydrogen-bond acceptors (Lipinski definition) is 3. The number of halogens is 1. The third kappa shape index (κ3) is 4.68. The van der Waals surface area contributed by atoms with Crippen molar-refractivity contribution in [3.63, 3.8) is 0 Å². The highest BCUT2D eigenvalue weighted by atomic mass is 127. The van der Waals surface area contributed by atoms with Crippen molar-refractivity contribution in [3.8, 4) is 0 Å². The topological polar surface area (TPSA) is 83.8 Å². The molecule has 0 amide bonds. The van der Waals surface area contributed by atoms with Crippen molar-refractivity contribution < 1.29 is 9.52 Å². The van der Waals surface area contributed by atoms with Gasteiger partial charge in [0.05, 0.1) is 12.8 Å². The zero-order valence-corrected chi connectivity index (χ0v) is 13.5. The molecule has 19 heavy (non-hydrogen) atoms. The molecule has 1 saturated carbocycles. The largest absolute Gasteiger partial charge is 0.466 e. The zero-order valence-electron chi connectivity index (χ0n) is 11.1. The van der Waals surface area contributed by atoms with E-state index in [0.717, 1.165) is 12.5 Å². The van der Waals surface area contributed by atoms with Gasteiger partial charge in [-0.05, 0) is 37.8 Å². The fourth-order valence-corrected chi connectivity index (χ4v) is 1.90. The molecule has 1 fully saturated rings. The van der Waals surface area contributed by atoms with Crippen molar-refractivity contribution in [1.29, 1.82) is 0 Å². The lowest BCUT2D eigenvalue weighted by molar-refractivity contribution is 0.0437. The van der Waals surface area contributed by atoms with Crippen LogP contribution in [0.25, 0.3) is 0 Å². The van der Waals surface area contributed by atoms with Crippen molar-refractivity contribution in [3.05, 3.63) is 24.2 Å². The molecule has 2 rings (SSSR count). The Balaban J connectivity index is 0.00000180. The first-order valence-electron chi connectivity index (χ1n) is 6.38. The molecule has 0 aliphatic heterocycles. The smallest absolute Gasteiger partial charge is 0.188 e. The monoisotopic (exact) mass is 379 g/mol. The fourth-order valence-electron chi connectivity index (χ4n) is 1.90. The van der Waals surface area contributed by atoms with E-state index in [2.05, 4.69) is 10.3 Å². The van der Waals surface area contributed by atoms with Gasteiger partial charge in [0.1, 0.15) is 11.4 Å². The molecule has 5 nitrogen and oxygen atoms in total. The van der Waals surface area contributed by atoms with Gasteiger partial charge in [-0.25, -0.2) is 4.99 Å². The van der Waals surface area contributed by atoms with Crippen molar-refractivity contribution >= 4 is 29.9 Å². The van der Waals surface area contributed by atoms with E-state index in [1.807, 2.05) is 0 Å². The van der Waals surface area contributed by atoms with Crippen LogP contribution in [0.15, 0.2) is 27.8 Å². The third-order valence-corrected chi connectivity index (χ3v) is 3.41. The number of nitrogens with zero attached hydrogens (tertiary/aromatic N) is 1. The summed E-state index contributed by atoms with van der Waals surface area (Å²) >= 11 is 0. The second kappa shape index (κ2) is 7.14. The number of furan rings is 1. The van der Waals surface area contributed by atoms with E-state index < -0.39 is 5.60 Å². The summed E-state index contributed by atoms with van der Waals surface area (Å²) in [5, 5.41) is 13.3. The van der Waals surface area contributed by atoms with Crippen LogP contribution in [0, 0.1) is 5.92 Å². The normalized spacial score (nSPS) is 19.2. The first-order chi connectivity index (χ1) is 8.58. The number of nitrogens with two attached hydrogens (primary N) is 1. The van der Waals surface area contributed by atoms with Gasteiger partial charge in [-0.2, -0.15) is 0 Å². The summed E-state index contributed by atoms with van der Waals surface area (Å²) < 4.78 is 5.17. The highest BCUT2D eigenvalue weighted by molar-refractivity contribution is 14.0. The minimum absolute atomic E-state index is 0. The summed E-state index contributed by atoms with van der Waals surface area (Å²) in [4.78, 5) is 4.16. The Bertz CT molecular complexity index is 400. The predicted octanol–water partition coefficient (Wildman–Crippen LogP) is 1.81. The van der Waals surface area contributed by atoms with Gasteiger partial charge < -0.3 is 20.6 Å². The minimum atomic E-state index is -1.12. The van der Waals surface area contributed by atoms with Crippen LogP contribution in [0.3, 0.4) is 0 Å². The van der Waals surface area contributed by atoms with Gasteiger partial charge in [0.2, 0.25) is 0 Å². The van der Waals surface area contributed by atoms with E-state index in [-0.39, 0.29) is 30.5 Å². The van der Waals surface area contributed by atoms with Crippen LogP contribution in [0.2, 0.25) is 0 Å². The molecule has 1 heterocycles. The second-order valence-corrected chi connectivity index (χ2v) is 5.13. The Morgan fingerprint density at radius 1 is 1.63 bits per heavy atom.